The van der Waals surface area contributed by atoms with E-state index < -0.39 is 0 Å². The molecule has 0 spiro atoms. The molecule has 0 saturated heterocycles. The number of benzene rings is 1. The monoisotopic (exact) mass is 220 g/mol. The van der Waals surface area contributed by atoms with Crippen molar-refractivity contribution >= 4 is 12.3 Å². The number of carbonyl (C=O) groups excluding carboxylic acids is 2. The summed E-state index contributed by atoms with van der Waals surface area (Å²) < 4.78 is 4.91. The maximum Gasteiger partial charge on any atom is 0.298 e. The second-order valence-corrected chi connectivity index (χ2v) is 4.47. The third-order valence-corrected chi connectivity index (χ3v) is 2.48. The molecule has 1 aromatic rings. The first-order valence-corrected chi connectivity index (χ1v) is 5.16. The molecule has 0 bridgehead atoms. The third kappa shape index (κ3) is 2.92. The summed E-state index contributed by atoms with van der Waals surface area (Å²) in [6.45, 7) is 5.89. The smallest absolute Gasteiger partial charge is 0.298 e. The summed E-state index contributed by atoms with van der Waals surface area (Å²) in [4.78, 5) is 21.6. The van der Waals surface area contributed by atoms with Crippen LogP contribution in [0.5, 0.6) is 5.75 Å². The lowest BCUT2D eigenvalue weighted by molar-refractivity contribution is -0.120. The van der Waals surface area contributed by atoms with E-state index in [1.54, 1.807) is 19.1 Å². The number of para-hydroxylation sites is 1. The zero-order chi connectivity index (χ0) is 12.2. The van der Waals surface area contributed by atoms with Crippen molar-refractivity contribution < 1.29 is 14.3 Å². The Hall–Kier alpha value is -1.64. The highest BCUT2D eigenvalue weighted by atomic mass is 16.5. The average molecular weight is 220 g/mol. The molecule has 1 aromatic carbocycles. The molecule has 0 saturated carbocycles. The Bertz CT molecular complexity index is 394. The van der Waals surface area contributed by atoms with Crippen molar-refractivity contribution in [1.82, 2.24) is 0 Å². The molecule has 16 heavy (non-hydrogen) atoms. The van der Waals surface area contributed by atoms with Crippen molar-refractivity contribution in [2.45, 2.75) is 32.6 Å². The van der Waals surface area contributed by atoms with Gasteiger partial charge in [-0.2, -0.15) is 0 Å². The lowest BCUT2D eigenvalue weighted by Crippen LogP contribution is -2.21. The molecule has 0 unspecified atom stereocenters. The zero-order valence-corrected chi connectivity index (χ0v) is 9.82. The Kier molecular flexibility index (Phi) is 3.82. The van der Waals surface area contributed by atoms with Gasteiger partial charge in [0.25, 0.3) is 6.47 Å². The van der Waals surface area contributed by atoms with E-state index in [-0.39, 0.29) is 11.2 Å². The highest BCUT2D eigenvalue weighted by Gasteiger charge is 2.25. The zero-order valence-electron chi connectivity index (χ0n) is 9.82. The van der Waals surface area contributed by atoms with E-state index in [0.29, 0.717) is 18.6 Å². The lowest BCUT2D eigenvalue weighted by atomic mass is 9.80. The first kappa shape index (κ1) is 12.4. The van der Waals surface area contributed by atoms with Crippen molar-refractivity contribution in [3.63, 3.8) is 0 Å². The van der Waals surface area contributed by atoms with Crippen LogP contribution in [0.15, 0.2) is 24.3 Å². The first-order chi connectivity index (χ1) is 7.47. The van der Waals surface area contributed by atoms with Gasteiger partial charge in [-0.05, 0) is 13.0 Å². The molecule has 1 rings (SSSR count). The van der Waals surface area contributed by atoms with Crippen LogP contribution >= 0.6 is 0 Å². The normalized spacial score (nSPS) is 10.9. The van der Waals surface area contributed by atoms with Crippen molar-refractivity contribution in [1.29, 1.82) is 0 Å². The summed E-state index contributed by atoms with van der Waals surface area (Å²) >= 11 is 0. The van der Waals surface area contributed by atoms with Crippen LogP contribution in [0, 0.1) is 0 Å². The van der Waals surface area contributed by atoms with E-state index in [4.69, 9.17) is 4.74 Å². The van der Waals surface area contributed by atoms with Gasteiger partial charge in [-0.15, -0.1) is 0 Å². The van der Waals surface area contributed by atoms with Crippen LogP contribution in [-0.2, 0) is 15.0 Å². The molecule has 0 aliphatic carbocycles. The van der Waals surface area contributed by atoms with Crippen LogP contribution in [-0.4, -0.2) is 12.3 Å². The predicted octanol–water partition coefficient (Wildman–Crippen LogP) is 2.48. The van der Waals surface area contributed by atoms with Gasteiger partial charge in [-0.3, -0.25) is 9.59 Å². The minimum atomic E-state index is -0.328. The molecule has 0 heterocycles. The highest BCUT2D eigenvalue weighted by Crippen LogP contribution is 2.34. The Morgan fingerprint density at radius 2 is 2.00 bits per heavy atom. The van der Waals surface area contributed by atoms with Gasteiger partial charge in [-0.25, -0.2) is 0 Å². The quantitative estimate of drug-likeness (QED) is 0.716. The molecule has 0 amide bonds. The van der Waals surface area contributed by atoms with Gasteiger partial charge >= 0.3 is 0 Å². The number of ketones is 1. The standard InChI is InChI=1S/C13H16O3/c1-10(15)8-13(2,3)11-6-4-5-7-12(11)16-9-14/h4-7,9H,8H2,1-3H3. The fraction of sp³-hybridized carbons (Fsp3) is 0.385. The summed E-state index contributed by atoms with van der Waals surface area (Å²) in [5.74, 6) is 0.634. The number of carbonyl (C=O) groups is 2. The molecular formula is C13H16O3. The Morgan fingerprint density at radius 3 is 2.56 bits per heavy atom. The first-order valence-electron chi connectivity index (χ1n) is 5.16. The Morgan fingerprint density at radius 1 is 1.38 bits per heavy atom. The van der Waals surface area contributed by atoms with Crippen molar-refractivity contribution in [2.75, 3.05) is 0 Å². The fourth-order valence-corrected chi connectivity index (χ4v) is 1.90. The Labute approximate surface area is 95.4 Å². The van der Waals surface area contributed by atoms with Crippen molar-refractivity contribution in [3.05, 3.63) is 29.8 Å². The SMILES string of the molecule is CC(=O)CC(C)(C)c1ccccc1OC=O. The number of hydrogen-bond acceptors (Lipinski definition) is 3. The van der Waals surface area contributed by atoms with E-state index in [9.17, 15) is 9.59 Å². The number of ether oxygens (including phenoxy) is 1. The minimum absolute atomic E-state index is 0.117. The van der Waals surface area contributed by atoms with Crippen molar-refractivity contribution in [2.24, 2.45) is 0 Å². The van der Waals surface area contributed by atoms with Gasteiger partial charge in [0.05, 0.1) is 0 Å². The van der Waals surface area contributed by atoms with E-state index >= 15 is 0 Å². The van der Waals surface area contributed by atoms with Crippen LogP contribution in [0.4, 0.5) is 0 Å². The summed E-state index contributed by atoms with van der Waals surface area (Å²) in [6, 6.07) is 7.27. The molecule has 0 aromatic heterocycles. The predicted molar refractivity (Wildman–Crippen MR) is 61.5 cm³/mol. The van der Waals surface area contributed by atoms with Crippen LogP contribution in [0.3, 0.4) is 0 Å². The largest absolute Gasteiger partial charge is 0.428 e. The minimum Gasteiger partial charge on any atom is -0.428 e. The molecular weight excluding hydrogens is 204 g/mol. The maximum atomic E-state index is 11.2. The van der Waals surface area contributed by atoms with E-state index in [1.807, 2.05) is 26.0 Å². The molecule has 3 heteroatoms. The molecule has 0 atom stereocenters. The summed E-state index contributed by atoms with van der Waals surface area (Å²) in [7, 11) is 0. The number of Topliss-reactive ketones (excluding diaryl/α,β-unsaturated/α-hetero) is 1. The fourth-order valence-electron chi connectivity index (χ4n) is 1.90. The molecule has 86 valence electrons. The van der Waals surface area contributed by atoms with E-state index in [0.717, 1.165) is 5.56 Å². The van der Waals surface area contributed by atoms with Crippen LogP contribution in [0.2, 0.25) is 0 Å². The molecule has 0 radical (unpaired) electrons. The van der Waals surface area contributed by atoms with Crippen LogP contribution in [0.1, 0.15) is 32.8 Å². The molecule has 0 N–H and O–H groups in total. The third-order valence-electron chi connectivity index (χ3n) is 2.48. The van der Waals surface area contributed by atoms with Gasteiger partial charge in [0.15, 0.2) is 0 Å². The molecule has 3 nitrogen and oxygen atoms in total. The Balaban J connectivity index is 3.09. The van der Waals surface area contributed by atoms with Gasteiger partial charge < -0.3 is 4.74 Å². The van der Waals surface area contributed by atoms with Crippen molar-refractivity contribution in [3.8, 4) is 5.75 Å². The molecule has 0 fully saturated rings. The molecule has 0 aliphatic rings. The lowest BCUT2D eigenvalue weighted by Gasteiger charge is -2.25. The summed E-state index contributed by atoms with van der Waals surface area (Å²) in [5.41, 5.74) is 0.545. The van der Waals surface area contributed by atoms with Crippen LogP contribution in [0.25, 0.3) is 0 Å². The van der Waals surface area contributed by atoms with Gasteiger partial charge in [0.1, 0.15) is 11.5 Å². The topological polar surface area (TPSA) is 43.4 Å². The highest BCUT2D eigenvalue weighted by molar-refractivity contribution is 5.77. The van der Waals surface area contributed by atoms with Gasteiger partial charge in [-0.1, -0.05) is 32.0 Å². The second kappa shape index (κ2) is 4.92. The van der Waals surface area contributed by atoms with E-state index in [2.05, 4.69) is 0 Å². The second-order valence-electron chi connectivity index (χ2n) is 4.47. The van der Waals surface area contributed by atoms with E-state index in [1.165, 1.54) is 0 Å². The van der Waals surface area contributed by atoms with Gasteiger partial charge in [0, 0.05) is 17.4 Å². The number of hydrogen-bond donors (Lipinski definition) is 0. The average Bonchev–Trinajstić information content (AvgIpc) is 2.17. The summed E-state index contributed by atoms with van der Waals surface area (Å²) in [6.07, 6.45) is 0.423. The van der Waals surface area contributed by atoms with Crippen LogP contribution < -0.4 is 4.74 Å². The number of rotatable bonds is 5. The molecule has 0 aliphatic heterocycles. The summed E-state index contributed by atoms with van der Waals surface area (Å²) in [5, 5.41) is 0. The maximum absolute atomic E-state index is 11.2. The van der Waals surface area contributed by atoms with Gasteiger partial charge in [0.2, 0.25) is 0 Å².